The Morgan fingerprint density at radius 1 is 1.25 bits per heavy atom. The first-order valence-corrected chi connectivity index (χ1v) is 7.12. The predicted octanol–water partition coefficient (Wildman–Crippen LogP) is 2.89. The van der Waals surface area contributed by atoms with E-state index in [1.807, 2.05) is 17.2 Å². The van der Waals surface area contributed by atoms with Gasteiger partial charge in [-0.25, -0.2) is 0 Å². The molecule has 1 aromatic carbocycles. The number of hydrogen-bond acceptors (Lipinski definition) is 2. The van der Waals surface area contributed by atoms with Crippen LogP contribution in [0.1, 0.15) is 23.1 Å². The van der Waals surface area contributed by atoms with Crippen LogP contribution in [0.2, 0.25) is 0 Å². The minimum Gasteiger partial charge on any atom is -0.312 e. The Kier molecular flexibility index (Phi) is 2.43. The van der Waals surface area contributed by atoms with Gasteiger partial charge in [-0.2, -0.15) is 0 Å². The van der Waals surface area contributed by atoms with Crippen LogP contribution in [0, 0.1) is 6.92 Å². The Balaban J connectivity index is 1.96. The van der Waals surface area contributed by atoms with Crippen molar-refractivity contribution in [3.8, 4) is 11.1 Å². The lowest BCUT2D eigenvalue weighted by Crippen LogP contribution is -2.33. The van der Waals surface area contributed by atoms with Crippen molar-refractivity contribution in [2.45, 2.75) is 26.2 Å². The molecule has 0 saturated carbocycles. The van der Waals surface area contributed by atoms with Gasteiger partial charge in [-0.05, 0) is 54.2 Å². The molecule has 4 rings (SSSR count). The van der Waals surface area contributed by atoms with E-state index >= 15 is 0 Å². The summed E-state index contributed by atoms with van der Waals surface area (Å²) in [5.74, 6) is 0.282. The fourth-order valence-corrected chi connectivity index (χ4v) is 3.50. The number of hydrogen-bond donors (Lipinski definition) is 0. The molecule has 0 N–H and O–H groups in total. The molecule has 100 valence electrons. The zero-order valence-electron chi connectivity index (χ0n) is 11.5. The Hall–Kier alpha value is -2.16. The monoisotopic (exact) mass is 264 g/mol. The highest BCUT2D eigenvalue weighted by atomic mass is 16.2. The normalized spacial score (nSPS) is 16.4. The molecule has 2 aliphatic heterocycles. The van der Waals surface area contributed by atoms with Gasteiger partial charge in [-0.3, -0.25) is 9.78 Å². The van der Waals surface area contributed by atoms with Crippen molar-refractivity contribution in [3.05, 3.63) is 47.3 Å². The van der Waals surface area contributed by atoms with Crippen LogP contribution in [0.25, 0.3) is 11.1 Å². The summed E-state index contributed by atoms with van der Waals surface area (Å²) in [6.45, 7) is 3.02. The summed E-state index contributed by atoms with van der Waals surface area (Å²) in [7, 11) is 0. The highest BCUT2D eigenvalue weighted by molar-refractivity contribution is 6.00. The molecule has 3 heterocycles. The van der Waals surface area contributed by atoms with Gasteiger partial charge in [0.05, 0.1) is 5.69 Å². The third kappa shape index (κ3) is 1.52. The van der Waals surface area contributed by atoms with E-state index in [2.05, 4.69) is 24.0 Å². The summed E-state index contributed by atoms with van der Waals surface area (Å²) in [5.41, 5.74) is 7.61. The number of aromatic nitrogens is 1. The van der Waals surface area contributed by atoms with Crippen molar-refractivity contribution in [2.24, 2.45) is 0 Å². The van der Waals surface area contributed by atoms with Gasteiger partial charge < -0.3 is 4.90 Å². The van der Waals surface area contributed by atoms with E-state index in [0.29, 0.717) is 6.42 Å². The van der Waals surface area contributed by atoms with E-state index in [0.717, 1.165) is 19.4 Å². The summed E-state index contributed by atoms with van der Waals surface area (Å²) < 4.78 is 0. The largest absolute Gasteiger partial charge is 0.312 e. The van der Waals surface area contributed by atoms with Gasteiger partial charge in [0.25, 0.3) is 0 Å². The van der Waals surface area contributed by atoms with Gasteiger partial charge >= 0.3 is 0 Å². The molecule has 0 fully saturated rings. The van der Waals surface area contributed by atoms with Crippen molar-refractivity contribution >= 4 is 11.6 Å². The van der Waals surface area contributed by atoms with E-state index < -0.39 is 0 Å². The van der Waals surface area contributed by atoms with Crippen LogP contribution in [0.5, 0.6) is 0 Å². The molecule has 3 nitrogen and oxygen atoms in total. The zero-order chi connectivity index (χ0) is 13.7. The highest BCUT2D eigenvalue weighted by Gasteiger charge is 2.32. The molecule has 2 aliphatic rings. The molecular weight excluding hydrogens is 248 g/mol. The molecule has 3 heteroatoms. The summed E-state index contributed by atoms with van der Waals surface area (Å²) >= 11 is 0. The van der Waals surface area contributed by atoms with Crippen molar-refractivity contribution in [3.63, 3.8) is 0 Å². The number of rotatable bonds is 1. The smallest absolute Gasteiger partial charge is 0.227 e. The Bertz CT molecular complexity index is 707. The maximum atomic E-state index is 12.0. The standard InChI is InChI=1S/C17H16N2O/c1-11-14-4-5-16(20)19-8-6-12(17(14)19)9-15(11)13-3-2-7-18-10-13/h2-3,7,9-10H,4-6,8H2,1H3. The number of carbonyl (C=O) groups excluding carboxylic acids is 1. The number of carbonyl (C=O) groups is 1. The van der Waals surface area contributed by atoms with Crippen molar-refractivity contribution in [1.82, 2.24) is 4.98 Å². The average Bonchev–Trinajstić information content (AvgIpc) is 2.91. The molecule has 0 spiro atoms. The minimum absolute atomic E-state index is 0.282. The quantitative estimate of drug-likeness (QED) is 0.793. The van der Waals surface area contributed by atoms with Gasteiger partial charge in [0, 0.05) is 30.9 Å². The fourth-order valence-electron chi connectivity index (χ4n) is 3.50. The number of anilines is 1. The van der Waals surface area contributed by atoms with Gasteiger partial charge in [0.15, 0.2) is 0 Å². The van der Waals surface area contributed by atoms with E-state index in [1.165, 1.54) is 33.5 Å². The molecule has 2 aromatic rings. The fraction of sp³-hybridized carbons (Fsp3) is 0.294. The zero-order valence-corrected chi connectivity index (χ0v) is 11.5. The number of nitrogens with zero attached hydrogens (tertiary/aromatic N) is 2. The summed E-state index contributed by atoms with van der Waals surface area (Å²) in [4.78, 5) is 18.2. The Labute approximate surface area is 118 Å². The second kappa shape index (κ2) is 4.17. The molecule has 20 heavy (non-hydrogen) atoms. The molecular formula is C17H16N2O. The lowest BCUT2D eigenvalue weighted by Gasteiger charge is -2.27. The Morgan fingerprint density at radius 3 is 2.95 bits per heavy atom. The van der Waals surface area contributed by atoms with Crippen LogP contribution >= 0.6 is 0 Å². The summed E-state index contributed by atoms with van der Waals surface area (Å²) in [6, 6.07) is 6.34. The second-order valence-electron chi connectivity index (χ2n) is 5.57. The average molecular weight is 264 g/mol. The van der Waals surface area contributed by atoms with E-state index in [4.69, 9.17) is 0 Å². The number of benzene rings is 1. The summed E-state index contributed by atoms with van der Waals surface area (Å²) in [6.07, 6.45) is 6.21. The van der Waals surface area contributed by atoms with Gasteiger partial charge in [-0.15, -0.1) is 0 Å². The third-order valence-corrected chi connectivity index (χ3v) is 4.50. The summed E-state index contributed by atoms with van der Waals surface area (Å²) in [5, 5.41) is 0. The number of pyridine rings is 1. The van der Waals surface area contributed by atoms with Crippen molar-refractivity contribution in [2.75, 3.05) is 11.4 Å². The lowest BCUT2D eigenvalue weighted by atomic mass is 9.89. The molecule has 0 radical (unpaired) electrons. The van der Waals surface area contributed by atoms with Gasteiger partial charge in [0.1, 0.15) is 0 Å². The molecule has 0 aliphatic carbocycles. The SMILES string of the molecule is Cc1c(-c2cccnc2)cc2c3c1CCC(=O)N3CC2. The van der Waals surface area contributed by atoms with Crippen molar-refractivity contribution in [1.29, 1.82) is 0 Å². The van der Waals surface area contributed by atoms with E-state index in [-0.39, 0.29) is 5.91 Å². The molecule has 0 unspecified atom stereocenters. The van der Waals surface area contributed by atoms with Crippen LogP contribution in [0.4, 0.5) is 5.69 Å². The second-order valence-corrected chi connectivity index (χ2v) is 5.57. The molecule has 0 atom stereocenters. The lowest BCUT2D eigenvalue weighted by molar-refractivity contribution is -0.118. The third-order valence-electron chi connectivity index (χ3n) is 4.50. The first-order chi connectivity index (χ1) is 9.75. The van der Waals surface area contributed by atoms with Crippen LogP contribution in [0.15, 0.2) is 30.6 Å². The van der Waals surface area contributed by atoms with Crippen LogP contribution in [0.3, 0.4) is 0 Å². The number of amides is 1. The molecule has 1 amide bonds. The van der Waals surface area contributed by atoms with Gasteiger partial charge in [0.2, 0.25) is 5.91 Å². The van der Waals surface area contributed by atoms with Crippen LogP contribution in [-0.4, -0.2) is 17.4 Å². The van der Waals surface area contributed by atoms with E-state index in [1.54, 1.807) is 6.20 Å². The van der Waals surface area contributed by atoms with Crippen LogP contribution in [-0.2, 0) is 17.6 Å². The maximum absolute atomic E-state index is 12.0. The molecule has 1 aromatic heterocycles. The molecule has 0 saturated heterocycles. The maximum Gasteiger partial charge on any atom is 0.227 e. The highest BCUT2D eigenvalue weighted by Crippen LogP contribution is 2.42. The van der Waals surface area contributed by atoms with Crippen molar-refractivity contribution < 1.29 is 4.79 Å². The first-order valence-electron chi connectivity index (χ1n) is 7.12. The first kappa shape index (κ1) is 11.6. The molecule has 0 bridgehead atoms. The van der Waals surface area contributed by atoms with Crippen LogP contribution < -0.4 is 4.90 Å². The predicted molar refractivity (Wildman–Crippen MR) is 78.8 cm³/mol. The Morgan fingerprint density at radius 2 is 2.15 bits per heavy atom. The minimum atomic E-state index is 0.282. The topological polar surface area (TPSA) is 33.2 Å². The van der Waals surface area contributed by atoms with E-state index in [9.17, 15) is 4.79 Å². The van der Waals surface area contributed by atoms with Gasteiger partial charge in [-0.1, -0.05) is 6.07 Å².